The molecule has 0 amide bonds. The Balaban J connectivity index is 4.08. The Morgan fingerprint density at radius 2 is 1.40 bits per heavy atom. The average Bonchev–Trinajstić information content (AvgIpc) is 2.24. The molecular weight excluding hydrogens is 188 g/mol. The zero-order valence-corrected chi connectivity index (χ0v) is 8.95. The second-order valence-electron chi connectivity index (χ2n) is 2.90. The van der Waals surface area contributed by atoms with Crippen LogP contribution in [0, 0.1) is 0 Å². The summed E-state index contributed by atoms with van der Waals surface area (Å²) in [4.78, 5) is 0. The number of hydrogen-bond donors (Lipinski definition) is 2. The average molecular weight is 206 g/mol. The van der Waals surface area contributed by atoms with Gasteiger partial charge in [0.25, 0.3) is 0 Å². The monoisotopic (exact) mass is 206 g/mol. The lowest BCUT2D eigenvalue weighted by Crippen LogP contribution is -2.20. The number of aliphatic hydroxyl groups is 2. The zero-order valence-electron chi connectivity index (χ0n) is 8.95. The van der Waals surface area contributed by atoms with Crippen molar-refractivity contribution in [3.05, 3.63) is 61.3 Å². The fourth-order valence-corrected chi connectivity index (χ4v) is 0.837. The van der Waals surface area contributed by atoms with Crippen LogP contribution in [0.25, 0.3) is 0 Å². The van der Waals surface area contributed by atoms with Crippen molar-refractivity contribution in [2.75, 3.05) is 0 Å². The molecule has 0 aromatic rings. The van der Waals surface area contributed by atoms with Gasteiger partial charge in [0.05, 0.1) is 0 Å². The van der Waals surface area contributed by atoms with E-state index in [1.54, 1.807) is 36.5 Å². The summed E-state index contributed by atoms with van der Waals surface area (Å²) in [5.74, 6) is 0. The fourth-order valence-electron chi connectivity index (χ4n) is 0.837. The second kappa shape index (κ2) is 9.19. The van der Waals surface area contributed by atoms with Crippen LogP contribution in [-0.4, -0.2) is 22.4 Å². The molecule has 82 valence electrons. The smallest absolute Gasteiger partial charge is 0.102 e. The van der Waals surface area contributed by atoms with Crippen LogP contribution in [0.1, 0.15) is 6.92 Å². The number of rotatable bonds is 6. The van der Waals surface area contributed by atoms with Crippen LogP contribution in [0.4, 0.5) is 0 Å². The van der Waals surface area contributed by atoms with Crippen molar-refractivity contribution in [2.45, 2.75) is 19.1 Å². The SMILES string of the molecule is C=CC=C/C=C/[C@@H](O)[C@H](O)/C=C/C=C/C. The highest BCUT2D eigenvalue weighted by atomic mass is 16.3. The predicted molar refractivity (Wildman–Crippen MR) is 64.4 cm³/mol. The first kappa shape index (κ1) is 13.6. The van der Waals surface area contributed by atoms with E-state index >= 15 is 0 Å². The summed E-state index contributed by atoms with van der Waals surface area (Å²) in [7, 11) is 0. The minimum Gasteiger partial charge on any atom is -0.386 e. The zero-order chi connectivity index (χ0) is 11.5. The summed E-state index contributed by atoms with van der Waals surface area (Å²) in [6, 6.07) is 0. The fraction of sp³-hybridized carbons (Fsp3) is 0.231. The topological polar surface area (TPSA) is 40.5 Å². The van der Waals surface area contributed by atoms with E-state index < -0.39 is 12.2 Å². The van der Waals surface area contributed by atoms with E-state index in [2.05, 4.69) is 6.58 Å². The minimum absolute atomic E-state index is 0.880. The van der Waals surface area contributed by atoms with Gasteiger partial charge in [0.2, 0.25) is 0 Å². The molecule has 2 heteroatoms. The van der Waals surface area contributed by atoms with Gasteiger partial charge in [-0.15, -0.1) is 0 Å². The quantitative estimate of drug-likeness (QED) is 0.654. The Kier molecular flexibility index (Phi) is 8.34. The molecular formula is C13H18O2. The molecule has 0 aromatic carbocycles. The first-order valence-corrected chi connectivity index (χ1v) is 4.84. The van der Waals surface area contributed by atoms with Gasteiger partial charge in [-0.05, 0) is 6.92 Å². The molecule has 0 aromatic heterocycles. The van der Waals surface area contributed by atoms with Crippen LogP contribution in [0.5, 0.6) is 0 Å². The molecule has 0 heterocycles. The van der Waals surface area contributed by atoms with Gasteiger partial charge in [0.1, 0.15) is 12.2 Å². The third-order valence-electron chi connectivity index (χ3n) is 1.63. The predicted octanol–water partition coefficient (Wildman–Crippen LogP) is 2.14. The van der Waals surface area contributed by atoms with Crippen molar-refractivity contribution in [1.82, 2.24) is 0 Å². The van der Waals surface area contributed by atoms with Crippen LogP contribution in [0.15, 0.2) is 61.3 Å². The van der Waals surface area contributed by atoms with Crippen molar-refractivity contribution >= 4 is 0 Å². The lowest BCUT2D eigenvalue weighted by molar-refractivity contribution is 0.0808. The highest BCUT2D eigenvalue weighted by molar-refractivity contribution is 5.13. The van der Waals surface area contributed by atoms with E-state index in [9.17, 15) is 10.2 Å². The van der Waals surface area contributed by atoms with Crippen LogP contribution < -0.4 is 0 Å². The summed E-state index contributed by atoms with van der Waals surface area (Å²) in [6.45, 7) is 5.39. The van der Waals surface area contributed by atoms with Crippen molar-refractivity contribution in [1.29, 1.82) is 0 Å². The lowest BCUT2D eigenvalue weighted by Gasteiger charge is -2.08. The summed E-state index contributed by atoms with van der Waals surface area (Å²) in [5.41, 5.74) is 0. The van der Waals surface area contributed by atoms with E-state index in [0.29, 0.717) is 0 Å². The number of hydrogen-bond acceptors (Lipinski definition) is 2. The maximum absolute atomic E-state index is 9.44. The molecule has 0 unspecified atom stereocenters. The molecule has 0 rings (SSSR count). The van der Waals surface area contributed by atoms with Gasteiger partial charge in [0.15, 0.2) is 0 Å². The third kappa shape index (κ3) is 7.67. The Morgan fingerprint density at radius 1 is 0.867 bits per heavy atom. The molecule has 0 saturated heterocycles. The Labute approximate surface area is 91.3 Å². The van der Waals surface area contributed by atoms with Gasteiger partial charge in [-0.25, -0.2) is 0 Å². The normalized spacial score (nSPS) is 17.0. The molecule has 0 aliphatic carbocycles. The molecule has 2 atom stereocenters. The van der Waals surface area contributed by atoms with Crippen LogP contribution in [-0.2, 0) is 0 Å². The molecule has 15 heavy (non-hydrogen) atoms. The van der Waals surface area contributed by atoms with Crippen molar-refractivity contribution in [3.63, 3.8) is 0 Å². The Bertz CT molecular complexity index is 272. The lowest BCUT2D eigenvalue weighted by atomic mass is 10.1. The summed E-state index contributed by atoms with van der Waals surface area (Å²) in [6.07, 6.45) is 13.4. The number of aliphatic hydroxyl groups excluding tert-OH is 2. The van der Waals surface area contributed by atoms with Gasteiger partial charge in [-0.3, -0.25) is 0 Å². The highest BCUT2D eigenvalue weighted by Gasteiger charge is 2.07. The molecule has 2 N–H and O–H groups in total. The van der Waals surface area contributed by atoms with Crippen LogP contribution >= 0.6 is 0 Å². The summed E-state index contributed by atoms with van der Waals surface area (Å²) < 4.78 is 0. The molecule has 2 nitrogen and oxygen atoms in total. The molecule has 0 saturated carbocycles. The van der Waals surface area contributed by atoms with Gasteiger partial charge >= 0.3 is 0 Å². The van der Waals surface area contributed by atoms with Gasteiger partial charge in [-0.2, -0.15) is 0 Å². The maximum atomic E-state index is 9.44. The molecule has 0 aliphatic heterocycles. The Morgan fingerprint density at radius 3 is 1.87 bits per heavy atom. The Hall–Kier alpha value is -1.38. The van der Waals surface area contributed by atoms with Crippen molar-refractivity contribution in [2.24, 2.45) is 0 Å². The largest absolute Gasteiger partial charge is 0.386 e. The van der Waals surface area contributed by atoms with E-state index in [1.807, 2.05) is 13.0 Å². The maximum Gasteiger partial charge on any atom is 0.102 e. The third-order valence-corrected chi connectivity index (χ3v) is 1.63. The van der Waals surface area contributed by atoms with Crippen LogP contribution in [0.3, 0.4) is 0 Å². The molecule has 0 fully saturated rings. The van der Waals surface area contributed by atoms with E-state index in [1.165, 1.54) is 12.2 Å². The molecule has 0 bridgehead atoms. The highest BCUT2D eigenvalue weighted by Crippen LogP contribution is 1.98. The second-order valence-corrected chi connectivity index (χ2v) is 2.90. The summed E-state index contributed by atoms with van der Waals surface area (Å²) >= 11 is 0. The minimum atomic E-state index is -0.888. The van der Waals surface area contributed by atoms with Crippen molar-refractivity contribution in [3.8, 4) is 0 Å². The van der Waals surface area contributed by atoms with E-state index in [0.717, 1.165) is 0 Å². The first-order chi connectivity index (χ1) is 7.22. The van der Waals surface area contributed by atoms with Gasteiger partial charge in [-0.1, -0.05) is 61.3 Å². The van der Waals surface area contributed by atoms with Gasteiger partial charge < -0.3 is 10.2 Å². The van der Waals surface area contributed by atoms with E-state index in [-0.39, 0.29) is 0 Å². The molecule has 0 radical (unpaired) electrons. The first-order valence-electron chi connectivity index (χ1n) is 4.84. The molecule has 0 aliphatic rings. The standard InChI is InChI=1S/C13H18O2/c1-3-5-7-9-11-13(15)12(14)10-8-6-4-2/h3-15H,1H2,2H3/b6-4+,7-5?,10-8+,11-9+/t12-,13-/m1/s1. The summed E-state index contributed by atoms with van der Waals surface area (Å²) in [5, 5.41) is 18.9. The number of allylic oxidation sites excluding steroid dienone is 7. The van der Waals surface area contributed by atoms with E-state index in [4.69, 9.17) is 0 Å². The van der Waals surface area contributed by atoms with Crippen LogP contribution in [0.2, 0.25) is 0 Å². The van der Waals surface area contributed by atoms with Crippen molar-refractivity contribution < 1.29 is 10.2 Å². The molecule has 0 spiro atoms. The van der Waals surface area contributed by atoms with Gasteiger partial charge in [0, 0.05) is 0 Å².